The first-order valence-corrected chi connectivity index (χ1v) is 11.7. The summed E-state index contributed by atoms with van der Waals surface area (Å²) in [6, 6.07) is 3.69. The van der Waals surface area contributed by atoms with Gasteiger partial charge in [-0.1, -0.05) is 6.07 Å². The first kappa shape index (κ1) is 23.9. The molecular weight excluding hydrogens is 454 g/mol. The Morgan fingerprint density at radius 2 is 1.75 bits per heavy atom. The molecule has 0 aliphatic carbocycles. The summed E-state index contributed by atoms with van der Waals surface area (Å²) in [5.41, 5.74) is 0.572. The predicted octanol–water partition coefficient (Wildman–Crippen LogP) is 2.48. The highest BCUT2D eigenvalue weighted by Crippen LogP contribution is 2.34. The summed E-state index contributed by atoms with van der Waals surface area (Å²) in [6.07, 6.45) is 0.212. The van der Waals surface area contributed by atoms with Crippen molar-refractivity contribution in [1.82, 2.24) is 9.80 Å². The minimum Gasteiger partial charge on any atom is -0.465 e. The number of carbonyl (C=O) groups is 4. The van der Waals surface area contributed by atoms with Crippen LogP contribution in [-0.2, 0) is 14.3 Å². The quantitative estimate of drug-likeness (QED) is 0.608. The number of methoxy groups -OCH3 is 2. The number of ether oxygens (including phenoxy) is 2. The normalized spacial score (nSPS) is 14.2. The molecule has 0 radical (unpaired) electrons. The van der Waals surface area contributed by atoms with Crippen molar-refractivity contribution in [2.24, 2.45) is 0 Å². The summed E-state index contributed by atoms with van der Waals surface area (Å²) < 4.78 is 9.55. The predicted molar refractivity (Wildman–Crippen MR) is 122 cm³/mol. The molecule has 2 aromatic heterocycles. The van der Waals surface area contributed by atoms with Crippen LogP contribution < -0.4 is 5.32 Å². The Hall–Kier alpha value is -2.76. The number of hydrogen-bond donors (Lipinski definition) is 1. The van der Waals surface area contributed by atoms with Crippen molar-refractivity contribution in [3.05, 3.63) is 38.4 Å². The highest BCUT2D eigenvalue weighted by molar-refractivity contribution is 7.18. The molecule has 172 valence electrons. The van der Waals surface area contributed by atoms with Crippen molar-refractivity contribution in [3.63, 3.8) is 0 Å². The Balaban J connectivity index is 1.55. The Labute approximate surface area is 193 Å². The summed E-state index contributed by atoms with van der Waals surface area (Å²) in [5, 5.41) is 4.89. The number of carbonyl (C=O) groups excluding carboxylic acids is 4. The van der Waals surface area contributed by atoms with E-state index < -0.39 is 11.9 Å². The average Bonchev–Trinajstić information content (AvgIpc) is 3.45. The minimum absolute atomic E-state index is 0.0437. The molecule has 1 aliphatic heterocycles. The SMILES string of the molecule is COC(=O)c1sc(NC(=O)CCN2CCN(C(=O)c3cccs3)CC2)c(C(=O)OC)c1C. The first-order valence-electron chi connectivity index (χ1n) is 10.0. The van der Waals surface area contributed by atoms with E-state index in [9.17, 15) is 19.2 Å². The molecular formula is C21H25N3O6S2. The van der Waals surface area contributed by atoms with Gasteiger partial charge in [-0.3, -0.25) is 14.5 Å². The summed E-state index contributed by atoms with van der Waals surface area (Å²) in [6.45, 7) is 4.72. The zero-order valence-electron chi connectivity index (χ0n) is 18.1. The van der Waals surface area contributed by atoms with Crippen molar-refractivity contribution in [2.75, 3.05) is 52.3 Å². The molecule has 2 aromatic rings. The third-order valence-electron chi connectivity index (χ3n) is 5.21. The van der Waals surface area contributed by atoms with E-state index in [-0.39, 0.29) is 33.7 Å². The Kier molecular flexibility index (Phi) is 7.99. The van der Waals surface area contributed by atoms with Crippen molar-refractivity contribution in [2.45, 2.75) is 13.3 Å². The Morgan fingerprint density at radius 3 is 2.34 bits per heavy atom. The second kappa shape index (κ2) is 10.7. The number of rotatable bonds is 7. The number of nitrogens with zero attached hydrogens (tertiary/aromatic N) is 2. The van der Waals surface area contributed by atoms with Crippen LogP contribution in [0.5, 0.6) is 0 Å². The van der Waals surface area contributed by atoms with Crippen molar-refractivity contribution >= 4 is 51.4 Å². The largest absolute Gasteiger partial charge is 0.465 e. The lowest BCUT2D eigenvalue weighted by Crippen LogP contribution is -2.49. The van der Waals surface area contributed by atoms with E-state index in [0.29, 0.717) is 38.3 Å². The van der Waals surface area contributed by atoms with Gasteiger partial charge in [0.15, 0.2) is 0 Å². The molecule has 11 heteroatoms. The van der Waals surface area contributed by atoms with Gasteiger partial charge in [-0.05, 0) is 23.9 Å². The van der Waals surface area contributed by atoms with Crippen LogP contribution in [0.1, 0.15) is 41.7 Å². The van der Waals surface area contributed by atoms with E-state index in [0.717, 1.165) is 16.2 Å². The molecule has 0 spiro atoms. The van der Waals surface area contributed by atoms with Crippen LogP contribution in [0, 0.1) is 6.92 Å². The van der Waals surface area contributed by atoms with Gasteiger partial charge in [0.05, 0.1) is 24.7 Å². The average molecular weight is 480 g/mol. The summed E-state index contributed by atoms with van der Waals surface area (Å²) in [7, 11) is 2.50. The van der Waals surface area contributed by atoms with E-state index in [2.05, 4.69) is 10.2 Å². The molecule has 1 aliphatic rings. The van der Waals surface area contributed by atoms with E-state index in [1.807, 2.05) is 22.4 Å². The van der Waals surface area contributed by atoms with Crippen LogP contribution in [0.2, 0.25) is 0 Å². The van der Waals surface area contributed by atoms with Gasteiger partial charge in [0.25, 0.3) is 5.91 Å². The number of anilines is 1. The fraction of sp³-hybridized carbons (Fsp3) is 0.429. The molecule has 0 saturated carbocycles. The molecule has 1 N–H and O–H groups in total. The van der Waals surface area contributed by atoms with E-state index >= 15 is 0 Å². The fourth-order valence-electron chi connectivity index (χ4n) is 3.42. The number of piperazine rings is 1. The smallest absolute Gasteiger partial charge is 0.348 e. The highest BCUT2D eigenvalue weighted by atomic mass is 32.1. The van der Waals surface area contributed by atoms with Gasteiger partial charge in [-0.15, -0.1) is 22.7 Å². The molecule has 32 heavy (non-hydrogen) atoms. The molecule has 1 saturated heterocycles. The maximum Gasteiger partial charge on any atom is 0.348 e. The van der Waals surface area contributed by atoms with Crippen LogP contribution >= 0.6 is 22.7 Å². The second-order valence-corrected chi connectivity index (χ2v) is 9.12. The van der Waals surface area contributed by atoms with Crippen LogP contribution in [0.3, 0.4) is 0 Å². The molecule has 3 rings (SSSR count). The maximum absolute atomic E-state index is 12.5. The van der Waals surface area contributed by atoms with E-state index in [4.69, 9.17) is 9.47 Å². The van der Waals surface area contributed by atoms with Crippen LogP contribution in [-0.4, -0.2) is 80.5 Å². The number of nitrogens with one attached hydrogen (secondary N) is 1. The van der Waals surface area contributed by atoms with Gasteiger partial charge < -0.3 is 19.7 Å². The molecule has 0 atom stereocenters. The highest BCUT2D eigenvalue weighted by Gasteiger charge is 2.27. The van der Waals surface area contributed by atoms with Gasteiger partial charge in [0, 0.05) is 39.1 Å². The van der Waals surface area contributed by atoms with Gasteiger partial charge in [0.2, 0.25) is 5.91 Å². The first-order chi connectivity index (χ1) is 15.3. The lowest BCUT2D eigenvalue weighted by Gasteiger charge is -2.34. The van der Waals surface area contributed by atoms with Crippen molar-refractivity contribution in [1.29, 1.82) is 0 Å². The zero-order valence-corrected chi connectivity index (χ0v) is 19.8. The lowest BCUT2D eigenvalue weighted by atomic mass is 10.1. The number of esters is 2. The topological polar surface area (TPSA) is 105 Å². The molecule has 9 nitrogen and oxygen atoms in total. The summed E-state index contributed by atoms with van der Waals surface area (Å²) in [4.78, 5) is 54.1. The van der Waals surface area contributed by atoms with Gasteiger partial charge in [0.1, 0.15) is 9.88 Å². The van der Waals surface area contributed by atoms with Gasteiger partial charge in [-0.2, -0.15) is 0 Å². The third kappa shape index (κ3) is 5.34. The molecule has 1 fully saturated rings. The van der Waals surface area contributed by atoms with Crippen LogP contribution in [0.15, 0.2) is 17.5 Å². The Bertz CT molecular complexity index is 994. The molecule has 0 bridgehead atoms. The van der Waals surface area contributed by atoms with E-state index in [1.54, 1.807) is 6.92 Å². The monoisotopic (exact) mass is 479 g/mol. The maximum atomic E-state index is 12.5. The number of hydrogen-bond acceptors (Lipinski definition) is 9. The Morgan fingerprint density at radius 1 is 1.06 bits per heavy atom. The number of amides is 2. The standard InChI is InChI=1S/C21H25N3O6S2/c1-13-16(20(27)29-2)18(32-17(13)21(28)30-3)22-15(25)6-7-23-8-10-24(11-9-23)19(26)14-5-4-12-31-14/h4-5,12H,6-11H2,1-3H3,(H,22,25). The van der Waals surface area contributed by atoms with E-state index in [1.165, 1.54) is 25.6 Å². The number of thiophene rings is 2. The molecule has 2 amide bonds. The van der Waals surface area contributed by atoms with Gasteiger partial charge >= 0.3 is 11.9 Å². The zero-order chi connectivity index (χ0) is 23.3. The van der Waals surface area contributed by atoms with Crippen LogP contribution in [0.25, 0.3) is 0 Å². The van der Waals surface area contributed by atoms with Crippen molar-refractivity contribution < 1.29 is 28.7 Å². The lowest BCUT2D eigenvalue weighted by molar-refractivity contribution is -0.116. The molecule has 0 unspecified atom stereocenters. The fourth-order valence-corrected chi connectivity index (χ4v) is 5.24. The van der Waals surface area contributed by atoms with Gasteiger partial charge in [-0.25, -0.2) is 9.59 Å². The summed E-state index contributed by atoms with van der Waals surface area (Å²) >= 11 is 2.42. The minimum atomic E-state index is -0.629. The summed E-state index contributed by atoms with van der Waals surface area (Å²) in [5.74, 6) is -1.43. The molecule has 3 heterocycles. The van der Waals surface area contributed by atoms with Crippen molar-refractivity contribution in [3.8, 4) is 0 Å². The third-order valence-corrected chi connectivity index (χ3v) is 7.25. The van der Waals surface area contributed by atoms with Crippen LogP contribution in [0.4, 0.5) is 5.00 Å². The molecule has 0 aromatic carbocycles. The second-order valence-electron chi connectivity index (χ2n) is 7.15.